The third kappa shape index (κ3) is 6.46. The smallest absolute Gasteiger partial charge is 0.134 e. The molecule has 0 saturated heterocycles. The van der Waals surface area contributed by atoms with E-state index in [9.17, 15) is 0 Å². The van der Waals surface area contributed by atoms with Gasteiger partial charge in [-0.05, 0) is 55.4 Å². The first kappa shape index (κ1) is 32.0. The zero-order valence-corrected chi connectivity index (χ0v) is 27.3. The fraction of sp³-hybridized carbons (Fsp3) is 0.351. The lowest BCUT2D eigenvalue weighted by Gasteiger charge is -2.38. The molecule has 240 valence electrons. The molecular weight excluding hydrogens is 606 g/mol. The number of halogens is 3. The van der Waals surface area contributed by atoms with Gasteiger partial charge in [-0.25, -0.2) is 13.8 Å². The first-order valence-electron chi connectivity index (χ1n) is 16.0. The maximum Gasteiger partial charge on any atom is 0.134 e. The molecule has 0 amide bonds. The van der Waals surface area contributed by atoms with Crippen LogP contribution in [0.4, 0.5) is 20.2 Å². The van der Waals surface area contributed by atoms with Crippen LogP contribution in [0.2, 0.25) is 5.02 Å². The summed E-state index contributed by atoms with van der Waals surface area (Å²) < 4.78 is 41.3. The maximum absolute atomic E-state index is 15.4. The minimum atomic E-state index is -0.634. The second-order valence-electron chi connectivity index (χ2n) is 11.7. The quantitative estimate of drug-likeness (QED) is 0.211. The molecule has 6 rings (SSSR count). The van der Waals surface area contributed by atoms with Crippen LogP contribution in [0.1, 0.15) is 63.5 Å². The first-order chi connectivity index (χ1) is 22.4. The highest BCUT2D eigenvalue weighted by Gasteiger charge is 2.32. The Hall–Kier alpha value is -4.01. The van der Waals surface area contributed by atoms with Crippen LogP contribution in [-0.2, 0) is 11.3 Å². The van der Waals surface area contributed by atoms with Crippen LogP contribution < -0.4 is 15.0 Å². The van der Waals surface area contributed by atoms with Crippen LogP contribution in [0, 0.1) is 11.6 Å². The molecule has 1 fully saturated rings. The van der Waals surface area contributed by atoms with Crippen molar-refractivity contribution in [2.45, 2.75) is 65.0 Å². The van der Waals surface area contributed by atoms with Gasteiger partial charge in [-0.1, -0.05) is 55.3 Å². The number of pyridine rings is 1. The van der Waals surface area contributed by atoms with Crippen LogP contribution in [-0.4, -0.2) is 37.1 Å². The molecule has 1 atom stereocenters. The Morgan fingerprint density at radius 2 is 1.83 bits per heavy atom. The molecule has 3 heterocycles. The number of benzene rings is 2. The fourth-order valence-corrected chi connectivity index (χ4v) is 6.84. The normalized spacial score (nSPS) is 17.8. The summed E-state index contributed by atoms with van der Waals surface area (Å²) in [5.74, 6) is -0.298. The van der Waals surface area contributed by atoms with Gasteiger partial charge in [-0.2, -0.15) is 0 Å². The van der Waals surface area contributed by atoms with E-state index in [0.29, 0.717) is 11.6 Å². The number of hydrogen-bond acceptors (Lipinski definition) is 6. The lowest BCUT2D eigenvalue weighted by atomic mass is 9.87. The fourth-order valence-electron chi connectivity index (χ4n) is 6.67. The molecule has 1 saturated carbocycles. The number of methoxy groups -OCH3 is 1. The van der Waals surface area contributed by atoms with Gasteiger partial charge in [0.1, 0.15) is 29.8 Å². The minimum Gasteiger partial charge on any atom is -0.491 e. The van der Waals surface area contributed by atoms with E-state index < -0.39 is 11.6 Å². The van der Waals surface area contributed by atoms with Crippen molar-refractivity contribution in [3.05, 3.63) is 111 Å². The van der Waals surface area contributed by atoms with Crippen molar-refractivity contribution in [2.75, 3.05) is 30.5 Å². The van der Waals surface area contributed by atoms with Crippen molar-refractivity contribution in [2.24, 2.45) is 4.99 Å². The van der Waals surface area contributed by atoms with Crippen LogP contribution >= 0.6 is 11.6 Å². The number of ether oxygens (including phenoxy) is 2. The molecule has 1 aromatic heterocycles. The third-order valence-electron chi connectivity index (χ3n) is 9.00. The molecule has 2 aromatic carbocycles. The first-order valence-corrected chi connectivity index (χ1v) is 16.4. The zero-order chi connectivity index (χ0) is 32.2. The van der Waals surface area contributed by atoms with E-state index in [1.54, 1.807) is 19.5 Å². The average Bonchev–Trinajstić information content (AvgIpc) is 3.49. The van der Waals surface area contributed by atoms with E-state index in [4.69, 9.17) is 26.1 Å². The van der Waals surface area contributed by atoms with Gasteiger partial charge in [0, 0.05) is 73.0 Å². The van der Waals surface area contributed by atoms with Crippen molar-refractivity contribution in [1.29, 1.82) is 0 Å². The number of nitrogens with zero attached hydrogens (tertiary/aromatic N) is 3. The van der Waals surface area contributed by atoms with Crippen molar-refractivity contribution >= 4 is 34.3 Å². The van der Waals surface area contributed by atoms with E-state index in [-0.39, 0.29) is 30.5 Å². The molecule has 0 bridgehead atoms. The van der Waals surface area contributed by atoms with Crippen LogP contribution in [0.25, 0.3) is 5.57 Å². The number of anilines is 2. The molecule has 6 nitrogen and oxygen atoms in total. The van der Waals surface area contributed by atoms with E-state index in [1.807, 2.05) is 24.3 Å². The number of para-hydroxylation sites is 1. The number of fused-ring (bicyclic) bond motifs is 2. The molecule has 1 N–H and O–H groups in total. The van der Waals surface area contributed by atoms with Gasteiger partial charge in [0.05, 0.1) is 23.0 Å². The molecule has 3 aromatic rings. The maximum atomic E-state index is 15.4. The topological polar surface area (TPSA) is 59.0 Å². The highest BCUT2D eigenvalue weighted by molar-refractivity contribution is 6.33. The molecule has 2 aliphatic heterocycles. The summed E-state index contributed by atoms with van der Waals surface area (Å²) in [4.78, 5) is 11.6. The molecule has 1 unspecified atom stereocenters. The Bertz CT molecular complexity index is 1730. The second-order valence-corrected chi connectivity index (χ2v) is 12.1. The highest BCUT2D eigenvalue weighted by Crippen LogP contribution is 2.44. The van der Waals surface area contributed by atoms with Gasteiger partial charge < -0.3 is 19.7 Å². The van der Waals surface area contributed by atoms with Crippen molar-refractivity contribution < 1.29 is 18.3 Å². The molecule has 9 heteroatoms. The summed E-state index contributed by atoms with van der Waals surface area (Å²) in [6, 6.07) is 12.3. The van der Waals surface area contributed by atoms with Crippen LogP contribution in [0.5, 0.6) is 5.75 Å². The van der Waals surface area contributed by atoms with Crippen LogP contribution in [0.3, 0.4) is 0 Å². The second kappa shape index (κ2) is 14.2. The zero-order valence-electron chi connectivity index (χ0n) is 26.5. The van der Waals surface area contributed by atoms with Crippen molar-refractivity contribution in [3.63, 3.8) is 0 Å². The third-order valence-corrected chi connectivity index (χ3v) is 9.30. The summed E-state index contributed by atoms with van der Waals surface area (Å²) in [5, 5.41) is 4.08. The lowest BCUT2D eigenvalue weighted by Crippen LogP contribution is -2.37. The molecule has 46 heavy (non-hydrogen) atoms. The minimum absolute atomic E-state index is 0.00674. The van der Waals surface area contributed by atoms with Gasteiger partial charge in [0.25, 0.3) is 0 Å². The van der Waals surface area contributed by atoms with Gasteiger partial charge >= 0.3 is 0 Å². The SMILES string of the molecule is CCC1=C2CCCC2=C(Nc2ccncc2Cl)N=C(C2=CC(CC)N(Cc3c(F)cc(OCCOC)cc3F)c3ccccc32)C1. The lowest BCUT2D eigenvalue weighted by molar-refractivity contribution is 0.146. The summed E-state index contributed by atoms with van der Waals surface area (Å²) in [6.45, 7) is 4.92. The standard InChI is InChI=1S/C37H39ClF2N4O2/c1-4-23-17-35(43-37(28-11-8-10-26(23)28)42-34-13-14-41-21-31(34)38)29-18-24(5-2)44(36-12-7-6-9-27(29)36)22-30-32(39)19-25(20-33(30)40)46-16-15-45-3/h6-7,9,12-14,18-21,24H,4-5,8,10-11,15-17,22H2,1-3H3,(H,41,42). The Morgan fingerprint density at radius 3 is 2.57 bits per heavy atom. The van der Waals surface area contributed by atoms with E-state index in [2.05, 4.69) is 41.2 Å². The molecule has 0 spiro atoms. The number of rotatable bonds is 11. The molecule has 3 aliphatic rings. The number of aliphatic imine (C=N–C) groups is 1. The number of aromatic nitrogens is 1. The monoisotopic (exact) mass is 644 g/mol. The van der Waals surface area contributed by atoms with E-state index in [0.717, 1.165) is 72.6 Å². The molecule has 1 aliphatic carbocycles. The Morgan fingerprint density at radius 1 is 1.04 bits per heavy atom. The van der Waals surface area contributed by atoms with E-state index in [1.165, 1.54) is 28.9 Å². The molecular formula is C37H39ClF2N4O2. The Balaban J connectivity index is 1.39. The van der Waals surface area contributed by atoms with Crippen molar-refractivity contribution in [1.82, 2.24) is 4.98 Å². The summed E-state index contributed by atoms with van der Waals surface area (Å²) in [6.07, 6.45) is 11.1. The van der Waals surface area contributed by atoms with Crippen LogP contribution in [0.15, 0.2) is 88.5 Å². The molecule has 0 radical (unpaired) electrons. The van der Waals surface area contributed by atoms with Gasteiger partial charge in [-0.15, -0.1) is 0 Å². The Labute approximate surface area is 274 Å². The predicted octanol–water partition coefficient (Wildman–Crippen LogP) is 9.28. The summed E-state index contributed by atoms with van der Waals surface area (Å²) >= 11 is 6.52. The summed E-state index contributed by atoms with van der Waals surface area (Å²) in [7, 11) is 1.55. The highest BCUT2D eigenvalue weighted by atomic mass is 35.5. The van der Waals surface area contributed by atoms with Gasteiger partial charge in [0.15, 0.2) is 0 Å². The van der Waals surface area contributed by atoms with Crippen molar-refractivity contribution in [3.8, 4) is 5.75 Å². The Kier molecular flexibility index (Phi) is 9.85. The predicted molar refractivity (Wildman–Crippen MR) is 182 cm³/mol. The van der Waals surface area contributed by atoms with E-state index >= 15 is 8.78 Å². The number of allylic oxidation sites excluding steroid dienone is 4. The van der Waals surface area contributed by atoms with Gasteiger partial charge in [-0.3, -0.25) is 4.98 Å². The van der Waals surface area contributed by atoms with Gasteiger partial charge in [0.2, 0.25) is 0 Å². The summed E-state index contributed by atoms with van der Waals surface area (Å²) in [5.41, 5.74) is 8.75. The largest absolute Gasteiger partial charge is 0.491 e. The number of nitrogens with one attached hydrogen (secondary N) is 1. The number of hydrogen-bond donors (Lipinski definition) is 1. The average molecular weight is 645 g/mol.